The molecule has 1 aliphatic carbocycles. The Balaban J connectivity index is 2.58. The number of hydrogen-bond donors (Lipinski definition) is 2. The average molecular weight is 205 g/mol. The molecular weight excluding hydrogens is 190 g/mol. The highest BCUT2D eigenvalue weighted by molar-refractivity contribution is 4.86. The molecule has 0 bridgehead atoms. The van der Waals surface area contributed by atoms with Gasteiger partial charge in [0, 0.05) is 24.4 Å². The molecule has 1 saturated carbocycles. The third-order valence-corrected chi connectivity index (χ3v) is 2.44. The van der Waals surface area contributed by atoms with Crippen LogP contribution >= 0.6 is 0 Å². The molecule has 6 heteroatoms. The summed E-state index contributed by atoms with van der Waals surface area (Å²) in [5, 5.41) is 29.3. The lowest BCUT2D eigenvalue weighted by Crippen LogP contribution is -2.51. The van der Waals surface area contributed by atoms with Gasteiger partial charge in [-0.25, -0.2) is 0 Å². The number of rotatable bonds is 3. The number of hydrogen-bond acceptors (Lipinski definition) is 5. The Morgan fingerprint density at radius 2 is 1.93 bits per heavy atom. The van der Waals surface area contributed by atoms with Crippen molar-refractivity contribution in [3.8, 4) is 0 Å². The molecule has 2 N–H and O–H groups in total. The van der Waals surface area contributed by atoms with Crippen molar-refractivity contribution in [2.45, 2.75) is 44.1 Å². The van der Waals surface area contributed by atoms with Crippen LogP contribution in [0.3, 0.4) is 0 Å². The van der Waals surface area contributed by atoms with E-state index in [0.717, 1.165) is 0 Å². The number of aliphatic hydroxyl groups excluding tert-OH is 2. The Hall–Kier alpha value is -0.720. The second-order valence-corrected chi connectivity index (χ2v) is 3.46. The normalized spacial score (nSPS) is 38.2. The van der Waals surface area contributed by atoms with Gasteiger partial charge in [0.05, 0.1) is 6.10 Å². The lowest BCUT2D eigenvalue weighted by Gasteiger charge is -2.31. The molecule has 0 aromatic heterocycles. The monoisotopic (exact) mass is 205 g/mol. The van der Waals surface area contributed by atoms with Gasteiger partial charge in [0.1, 0.15) is 12.2 Å². The maximum atomic E-state index is 10.5. The van der Waals surface area contributed by atoms with E-state index in [1.54, 1.807) is 6.92 Å². The minimum absolute atomic E-state index is 0.219. The largest absolute Gasteiger partial charge is 0.386 e. The highest BCUT2D eigenvalue weighted by Gasteiger charge is 2.44. The molecule has 6 nitrogen and oxygen atoms in total. The van der Waals surface area contributed by atoms with Gasteiger partial charge < -0.3 is 14.9 Å². The second-order valence-electron chi connectivity index (χ2n) is 3.46. The van der Waals surface area contributed by atoms with E-state index in [9.17, 15) is 20.3 Å². The van der Waals surface area contributed by atoms with Crippen LogP contribution in [-0.4, -0.2) is 46.1 Å². The van der Waals surface area contributed by atoms with Crippen LogP contribution < -0.4 is 0 Å². The molecular formula is C8H15NO5. The summed E-state index contributed by atoms with van der Waals surface area (Å²) < 4.78 is 5.21. The first-order valence-electron chi connectivity index (χ1n) is 4.67. The van der Waals surface area contributed by atoms with Crippen molar-refractivity contribution in [3.05, 3.63) is 10.1 Å². The first-order valence-corrected chi connectivity index (χ1v) is 4.67. The summed E-state index contributed by atoms with van der Waals surface area (Å²) in [5.74, 6) is 0. The molecule has 2 unspecified atom stereocenters. The van der Waals surface area contributed by atoms with E-state index in [1.165, 1.54) is 0 Å². The minimum Gasteiger partial charge on any atom is -0.386 e. The van der Waals surface area contributed by atoms with Crippen LogP contribution in [-0.2, 0) is 4.74 Å². The molecule has 82 valence electrons. The van der Waals surface area contributed by atoms with Crippen molar-refractivity contribution in [1.29, 1.82) is 0 Å². The standard InChI is InChI=1S/C8H15NO5/c1-2-14-5-3-6(10)8(9(12)13)7(11)4-5/h5-8,10-11H,2-4H2,1H3. The van der Waals surface area contributed by atoms with Crippen molar-refractivity contribution in [3.63, 3.8) is 0 Å². The lowest BCUT2D eigenvalue weighted by molar-refractivity contribution is -0.550. The van der Waals surface area contributed by atoms with Crippen LogP contribution in [0.4, 0.5) is 0 Å². The third kappa shape index (κ3) is 2.40. The van der Waals surface area contributed by atoms with E-state index in [1.807, 2.05) is 0 Å². The fourth-order valence-corrected chi connectivity index (χ4v) is 1.82. The Morgan fingerprint density at radius 1 is 1.43 bits per heavy atom. The SMILES string of the molecule is CCOC1CC(O)C([N+](=O)[O-])C(O)C1. The molecule has 1 aliphatic rings. The van der Waals surface area contributed by atoms with Crippen molar-refractivity contribution in [2.24, 2.45) is 0 Å². The average Bonchev–Trinajstić information content (AvgIpc) is 2.01. The van der Waals surface area contributed by atoms with E-state index in [-0.39, 0.29) is 18.9 Å². The number of nitro groups is 1. The molecule has 0 spiro atoms. The van der Waals surface area contributed by atoms with Gasteiger partial charge in [-0.3, -0.25) is 10.1 Å². The third-order valence-electron chi connectivity index (χ3n) is 2.44. The predicted molar refractivity (Wildman–Crippen MR) is 47.4 cm³/mol. The number of ether oxygens (including phenoxy) is 1. The van der Waals surface area contributed by atoms with E-state index in [2.05, 4.69) is 0 Å². The van der Waals surface area contributed by atoms with Crippen molar-refractivity contribution < 1.29 is 19.9 Å². The van der Waals surface area contributed by atoms with Gasteiger partial charge in [-0.2, -0.15) is 0 Å². The van der Waals surface area contributed by atoms with Gasteiger partial charge in [-0.15, -0.1) is 0 Å². The topological polar surface area (TPSA) is 92.8 Å². The predicted octanol–water partition coefficient (Wildman–Crippen LogP) is -0.448. The fourth-order valence-electron chi connectivity index (χ4n) is 1.82. The molecule has 14 heavy (non-hydrogen) atoms. The summed E-state index contributed by atoms with van der Waals surface area (Å²) >= 11 is 0. The van der Waals surface area contributed by atoms with E-state index in [4.69, 9.17) is 4.74 Å². The fraction of sp³-hybridized carbons (Fsp3) is 1.00. The Morgan fingerprint density at radius 3 is 2.29 bits per heavy atom. The molecule has 0 aliphatic heterocycles. The van der Waals surface area contributed by atoms with Crippen LogP contribution in [0.1, 0.15) is 19.8 Å². The Labute approximate surface area is 81.6 Å². The van der Waals surface area contributed by atoms with Gasteiger partial charge in [0.15, 0.2) is 0 Å². The number of aliphatic hydroxyl groups is 2. The second kappa shape index (κ2) is 4.68. The zero-order valence-electron chi connectivity index (χ0n) is 8.00. The molecule has 0 heterocycles. The van der Waals surface area contributed by atoms with Crippen LogP contribution in [0.2, 0.25) is 0 Å². The molecule has 1 rings (SSSR count). The van der Waals surface area contributed by atoms with Gasteiger partial charge in [-0.1, -0.05) is 0 Å². The first-order chi connectivity index (χ1) is 6.56. The molecule has 0 radical (unpaired) electrons. The highest BCUT2D eigenvalue weighted by atomic mass is 16.6. The minimum atomic E-state index is -1.27. The van der Waals surface area contributed by atoms with Crippen molar-refractivity contribution in [2.75, 3.05) is 6.61 Å². The zero-order valence-corrected chi connectivity index (χ0v) is 8.00. The zero-order chi connectivity index (χ0) is 10.7. The summed E-state index contributed by atoms with van der Waals surface area (Å²) in [6.45, 7) is 2.28. The summed E-state index contributed by atoms with van der Waals surface area (Å²) in [6.07, 6.45) is -2.08. The van der Waals surface area contributed by atoms with Crippen molar-refractivity contribution >= 4 is 0 Å². The van der Waals surface area contributed by atoms with Gasteiger partial charge >= 0.3 is 0 Å². The highest BCUT2D eigenvalue weighted by Crippen LogP contribution is 2.24. The summed E-state index contributed by atoms with van der Waals surface area (Å²) in [7, 11) is 0. The molecule has 1 fully saturated rings. The smallest absolute Gasteiger partial charge is 0.264 e. The van der Waals surface area contributed by atoms with Crippen LogP contribution in [0.15, 0.2) is 0 Å². The quantitative estimate of drug-likeness (QED) is 0.481. The van der Waals surface area contributed by atoms with Gasteiger partial charge in [-0.05, 0) is 6.92 Å². The summed E-state index contributed by atoms with van der Waals surface area (Å²) in [5.41, 5.74) is 0. The molecule has 0 aromatic carbocycles. The van der Waals surface area contributed by atoms with E-state index >= 15 is 0 Å². The first kappa shape index (κ1) is 11.4. The Kier molecular flexibility index (Phi) is 3.79. The van der Waals surface area contributed by atoms with Gasteiger partial charge in [0.25, 0.3) is 6.04 Å². The molecule has 0 amide bonds. The van der Waals surface area contributed by atoms with Crippen LogP contribution in [0.5, 0.6) is 0 Å². The summed E-state index contributed by atoms with van der Waals surface area (Å²) in [6, 6.07) is -1.27. The molecule has 0 saturated heterocycles. The maximum absolute atomic E-state index is 10.5. The van der Waals surface area contributed by atoms with E-state index in [0.29, 0.717) is 6.61 Å². The molecule has 0 aromatic rings. The number of nitrogens with zero attached hydrogens (tertiary/aromatic N) is 1. The maximum Gasteiger partial charge on any atom is 0.264 e. The lowest BCUT2D eigenvalue weighted by atomic mass is 9.88. The van der Waals surface area contributed by atoms with E-state index < -0.39 is 23.2 Å². The van der Waals surface area contributed by atoms with Crippen LogP contribution in [0, 0.1) is 10.1 Å². The Bertz CT molecular complexity index is 198. The van der Waals surface area contributed by atoms with Gasteiger partial charge in [0.2, 0.25) is 0 Å². The van der Waals surface area contributed by atoms with Crippen LogP contribution in [0.25, 0.3) is 0 Å². The van der Waals surface area contributed by atoms with Crippen molar-refractivity contribution in [1.82, 2.24) is 0 Å². The summed E-state index contributed by atoms with van der Waals surface area (Å²) in [4.78, 5) is 9.86. The molecule has 2 atom stereocenters.